The van der Waals surface area contributed by atoms with Crippen molar-refractivity contribution in [2.75, 3.05) is 6.54 Å². The fourth-order valence-corrected chi connectivity index (χ4v) is 5.74. The van der Waals surface area contributed by atoms with Crippen LogP contribution in [0.4, 0.5) is 0 Å². The molecule has 3 aromatic rings. The molecule has 0 aliphatic carbocycles. The van der Waals surface area contributed by atoms with Crippen molar-refractivity contribution < 1.29 is 16.8 Å². The highest BCUT2D eigenvalue weighted by Crippen LogP contribution is 2.26. The van der Waals surface area contributed by atoms with E-state index in [1.54, 1.807) is 36.8 Å². The molecule has 29 heavy (non-hydrogen) atoms. The van der Waals surface area contributed by atoms with E-state index in [1.807, 2.05) is 17.7 Å². The molecule has 0 fully saturated rings. The first-order valence-corrected chi connectivity index (χ1v) is 12.2. The molecule has 0 saturated carbocycles. The van der Waals surface area contributed by atoms with E-state index in [-0.39, 0.29) is 21.2 Å². The number of aryl methyl sites for hydroxylation is 2. The standard InChI is InChI=1S/C20H23N3O4S2/c1-2-17-9-10-19(28(24,25)18-7-4-3-5-8-18)15-20(17)29(26,27)22-11-6-13-23-14-12-21-16-23/h3-5,7-10,12,14-16,22H,2,6,11,13H2,1H3. The van der Waals surface area contributed by atoms with Crippen LogP contribution in [-0.4, -0.2) is 32.9 Å². The Balaban J connectivity index is 1.84. The van der Waals surface area contributed by atoms with Crippen LogP contribution in [0.1, 0.15) is 18.9 Å². The Kier molecular flexibility index (Phi) is 6.51. The molecule has 0 aliphatic heterocycles. The summed E-state index contributed by atoms with van der Waals surface area (Å²) in [4.78, 5) is 4.03. The van der Waals surface area contributed by atoms with Crippen molar-refractivity contribution in [3.8, 4) is 0 Å². The van der Waals surface area contributed by atoms with Crippen molar-refractivity contribution >= 4 is 19.9 Å². The molecule has 154 valence electrons. The molecule has 1 heterocycles. The van der Waals surface area contributed by atoms with E-state index in [0.717, 1.165) is 0 Å². The second-order valence-corrected chi connectivity index (χ2v) is 10.2. The normalized spacial score (nSPS) is 12.2. The zero-order valence-electron chi connectivity index (χ0n) is 16.0. The van der Waals surface area contributed by atoms with Crippen LogP contribution >= 0.6 is 0 Å². The molecule has 0 amide bonds. The van der Waals surface area contributed by atoms with Gasteiger partial charge in [-0.3, -0.25) is 0 Å². The highest BCUT2D eigenvalue weighted by atomic mass is 32.2. The predicted octanol–water partition coefficient (Wildman–Crippen LogP) is 2.65. The molecule has 1 N–H and O–H groups in total. The van der Waals surface area contributed by atoms with Gasteiger partial charge < -0.3 is 4.57 Å². The van der Waals surface area contributed by atoms with Crippen LogP contribution in [0.15, 0.2) is 81.9 Å². The smallest absolute Gasteiger partial charge is 0.240 e. The zero-order chi connectivity index (χ0) is 20.9. The topological polar surface area (TPSA) is 98.1 Å². The summed E-state index contributed by atoms with van der Waals surface area (Å²) >= 11 is 0. The minimum atomic E-state index is -3.85. The lowest BCUT2D eigenvalue weighted by atomic mass is 10.2. The lowest BCUT2D eigenvalue weighted by Crippen LogP contribution is -2.26. The first-order valence-electron chi connectivity index (χ1n) is 9.23. The molecule has 2 aromatic carbocycles. The van der Waals surface area contributed by atoms with E-state index in [4.69, 9.17) is 0 Å². The Morgan fingerprint density at radius 1 is 1.00 bits per heavy atom. The Morgan fingerprint density at radius 2 is 1.76 bits per heavy atom. The summed E-state index contributed by atoms with van der Waals surface area (Å²) in [7, 11) is -7.65. The molecule has 7 nitrogen and oxygen atoms in total. The highest BCUT2D eigenvalue weighted by molar-refractivity contribution is 7.91. The lowest BCUT2D eigenvalue weighted by Gasteiger charge is -2.13. The Morgan fingerprint density at radius 3 is 2.41 bits per heavy atom. The van der Waals surface area contributed by atoms with Crippen LogP contribution in [0.25, 0.3) is 0 Å². The number of nitrogens with one attached hydrogen (secondary N) is 1. The van der Waals surface area contributed by atoms with Gasteiger partial charge in [0, 0.05) is 25.5 Å². The first-order chi connectivity index (χ1) is 13.8. The van der Waals surface area contributed by atoms with Crippen molar-refractivity contribution in [2.45, 2.75) is 41.0 Å². The number of rotatable bonds is 9. The third kappa shape index (κ3) is 4.92. The van der Waals surface area contributed by atoms with E-state index >= 15 is 0 Å². The minimum Gasteiger partial charge on any atom is -0.337 e. The van der Waals surface area contributed by atoms with E-state index in [0.29, 0.717) is 24.9 Å². The van der Waals surface area contributed by atoms with Crippen LogP contribution < -0.4 is 4.72 Å². The van der Waals surface area contributed by atoms with Crippen LogP contribution in [0.2, 0.25) is 0 Å². The molecule has 0 spiro atoms. The third-order valence-electron chi connectivity index (χ3n) is 4.52. The van der Waals surface area contributed by atoms with Crippen molar-refractivity contribution in [1.29, 1.82) is 0 Å². The van der Waals surface area contributed by atoms with E-state index in [9.17, 15) is 16.8 Å². The molecule has 3 rings (SSSR count). The average Bonchev–Trinajstić information content (AvgIpc) is 3.25. The zero-order valence-corrected chi connectivity index (χ0v) is 17.7. The summed E-state index contributed by atoms with van der Waals surface area (Å²) in [6.45, 7) is 2.70. The number of imidazole rings is 1. The molecule has 9 heteroatoms. The fraction of sp³-hybridized carbons (Fsp3) is 0.250. The number of hydrogen-bond acceptors (Lipinski definition) is 5. The summed E-state index contributed by atoms with van der Waals surface area (Å²) in [5.74, 6) is 0. The summed E-state index contributed by atoms with van der Waals surface area (Å²) < 4.78 is 55.9. The van der Waals surface area contributed by atoms with Gasteiger partial charge in [0.2, 0.25) is 19.9 Å². The quantitative estimate of drug-likeness (QED) is 0.523. The number of hydrogen-bond donors (Lipinski definition) is 1. The van der Waals surface area contributed by atoms with Gasteiger partial charge in [-0.2, -0.15) is 0 Å². The van der Waals surface area contributed by atoms with Crippen LogP contribution in [0.5, 0.6) is 0 Å². The Hall–Kier alpha value is -2.49. The fourth-order valence-electron chi connectivity index (χ4n) is 2.94. The maximum atomic E-state index is 12.9. The van der Waals surface area contributed by atoms with E-state index in [1.165, 1.54) is 24.3 Å². The lowest BCUT2D eigenvalue weighted by molar-refractivity contribution is 0.568. The summed E-state index contributed by atoms with van der Waals surface area (Å²) in [6, 6.07) is 12.2. The van der Waals surface area contributed by atoms with Gasteiger partial charge in [0.1, 0.15) is 0 Å². The molecule has 0 atom stereocenters. The van der Waals surface area contributed by atoms with Gasteiger partial charge in [0.25, 0.3) is 0 Å². The Labute approximate surface area is 171 Å². The van der Waals surface area contributed by atoms with Crippen molar-refractivity contribution in [3.05, 3.63) is 72.8 Å². The van der Waals surface area contributed by atoms with Gasteiger partial charge in [-0.15, -0.1) is 0 Å². The molecular weight excluding hydrogens is 410 g/mol. The minimum absolute atomic E-state index is 0.000336. The van der Waals surface area contributed by atoms with Crippen LogP contribution in [0.3, 0.4) is 0 Å². The average molecular weight is 434 g/mol. The van der Waals surface area contributed by atoms with Crippen molar-refractivity contribution in [2.24, 2.45) is 0 Å². The highest BCUT2D eigenvalue weighted by Gasteiger charge is 2.23. The maximum Gasteiger partial charge on any atom is 0.240 e. The van der Waals surface area contributed by atoms with Crippen LogP contribution in [-0.2, 0) is 32.8 Å². The molecule has 0 saturated heterocycles. The second-order valence-electron chi connectivity index (χ2n) is 6.49. The molecule has 0 aliphatic rings. The summed E-state index contributed by atoms with van der Waals surface area (Å²) in [6.07, 6.45) is 6.19. The number of benzene rings is 2. The van der Waals surface area contributed by atoms with Crippen LogP contribution in [0, 0.1) is 0 Å². The van der Waals surface area contributed by atoms with Gasteiger partial charge in [0.15, 0.2) is 0 Å². The monoisotopic (exact) mass is 433 g/mol. The predicted molar refractivity (Wildman–Crippen MR) is 110 cm³/mol. The third-order valence-corrected chi connectivity index (χ3v) is 7.83. The SMILES string of the molecule is CCc1ccc(S(=O)(=O)c2ccccc2)cc1S(=O)(=O)NCCCn1ccnc1. The van der Waals surface area contributed by atoms with Gasteiger partial charge in [-0.05, 0) is 42.7 Å². The summed E-state index contributed by atoms with van der Waals surface area (Å²) in [5, 5.41) is 0. The van der Waals surface area contributed by atoms with Crippen molar-refractivity contribution in [1.82, 2.24) is 14.3 Å². The summed E-state index contributed by atoms with van der Waals surface area (Å²) in [5.41, 5.74) is 0.569. The van der Waals surface area contributed by atoms with Gasteiger partial charge in [-0.25, -0.2) is 26.5 Å². The molecule has 0 bridgehead atoms. The van der Waals surface area contributed by atoms with E-state index < -0.39 is 19.9 Å². The largest absolute Gasteiger partial charge is 0.337 e. The Bertz CT molecular complexity index is 1160. The number of nitrogens with zero attached hydrogens (tertiary/aromatic N) is 2. The van der Waals surface area contributed by atoms with Crippen molar-refractivity contribution in [3.63, 3.8) is 0 Å². The molecular formula is C20H23N3O4S2. The second kappa shape index (κ2) is 8.89. The molecule has 0 unspecified atom stereocenters. The van der Waals surface area contributed by atoms with Gasteiger partial charge >= 0.3 is 0 Å². The maximum absolute atomic E-state index is 12.9. The molecule has 0 radical (unpaired) electrons. The van der Waals surface area contributed by atoms with Gasteiger partial charge in [-0.1, -0.05) is 31.2 Å². The first kappa shape index (κ1) is 21.2. The number of sulfone groups is 1. The van der Waals surface area contributed by atoms with E-state index in [2.05, 4.69) is 9.71 Å². The number of aromatic nitrogens is 2. The van der Waals surface area contributed by atoms with Gasteiger partial charge in [0.05, 0.1) is 21.0 Å². The number of sulfonamides is 1. The molecule has 1 aromatic heterocycles.